The van der Waals surface area contributed by atoms with Crippen LogP contribution in [0.3, 0.4) is 0 Å². The molecule has 2 heterocycles. The van der Waals surface area contributed by atoms with Gasteiger partial charge in [0.05, 0.1) is 10.4 Å². The van der Waals surface area contributed by atoms with Gasteiger partial charge in [0.1, 0.15) is 11.3 Å². The molecule has 0 spiro atoms. The summed E-state index contributed by atoms with van der Waals surface area (Å²) in [6.45, 7) is 0. The smallest absolute Gasteiger partial charge is 0.271 e. The van der Waals surface area contributed by atoms with Crippen molar-refractivity contribution in [2.45, 2.75) is 0 Å². The van der Waals surface area contributed by atoms with Crippen LogP contribution in [0.5, 0.6) is 0 Å². The van der Waals surface area contributed by atoms with Crippen molar-refractivity contribution in [3.63, 3.8) is 0 Å². The summed E-state index contributed by atoms with van der Waals surface area (Å²) >= 11 is 0. The van der Waals surface area contributed by atoms with Crippen LogP contribution in [-0.4, -0.2) is 19.8 Å². The summed E-state index contributed by atoms with van der Waals surface area (Å²) in [5.41, 5.74) is 1.47. The Labute approximate surface area is 135 Å². The fourth-order valence-corrected chi connectivity index (χ4v) is 2.54. The monoisotopic (exact) mass is 321 g/mol. The van der Waals surface area contributed by atoms with Crippen molar-refractivity contribution in [3.05, 3.63) is 70.8 Å². The highest BCUT2D eigenvalue weighted by molar-refractivity contribution is 5.81. The summed E-state index contributed by atoms with van der Waals surface area (Å²) in [5.74, 6) is 1.20. The lowest BCUT2D eigenvalue weighted by molar-refractivity contribution is -0.384. The van der Waals surface area contributed by atoms with Crippen LogP contribution in [0.15, 0.2) is 65.1 Å². The van der Waals surface area contributed by atoms with E-state index in [1.807, 2.05) is 30.3 Å². The van der Waals surface area contributed by atoms with Gasteiger partial charge < -0.3 is 9.62 Å². The van der Waals surface area contributed by atoms with Crippen LogP contribution < -0.4 is 0 Å². The van der Waals surface area contributed by atoms with Gasteiger partial charge in [-0.1, -0.05) is 30.3 Å². The number of furan rings is 1. The molecule has 0 amide bonds. The number of aromatic nitrogens is 2. The van der Waals surface area contributed by atoms with Gasteiger partial charge in [0.25, 0.3) is 5.69 Å². The lowest BCUT2D eigenvalue weighted by atomic mass is 10.2. The predicted octanol–water partition coefficient (Wildman–Crippen LogP) is 4.11. The first-order valence-corrected chi connectivity index (χ1v) is 7.15. The van der Waals surface area contributed by atoms with Crippen molar-refractivity contribution in [1.29, 1.82) is 0 Å². The predicted molar refractivity (Wildman–Crippen MR) is 86.7 cm³/mol. The van der Waals surface area contributed by atoms with Gasteiger partial charge in [-0.2, -0.15) is 4.73 Å². The molecule has 0 radical (unpaired) electrons. The average Bonchev–Trinajstić information content (AvgIpc) is 3.20. The first-order valence-electron chi connectivity index (χ1n) is 7.15. The normalized spacial score (nSPS) is 11.0. The van der Waals surface area contributed by atoms with Crippen LogP contribution >= 0.6 is 0 Å². The van der Waals surface area contributed by atoms with E-state index in [4.69, 9.17) is 4.42 Å². The van der Waals surface area contributed by atoms with Gasteiger partial charge in [0, 0.05) is 17.7 Å². The highest BCUT2D eigenvalue weighted by Crippen LogP contribution is 2.30. The van der Waals surface area contributed by atoms with Crippen molar-refractivity contribution in [1.82, 2.24) is 9.71 Å². The molecule has 0 saturated heterocycles. The van der Waals surface area contributed by atoms with E-state index < -0.39 is 4.92 Å². The standard InChI is InChI=1S/C17H11N3O4/c21-19-14-10-12(20(22)23)6-7-13(14)18-17(19)16-9-8-15(24-16)11-4-2-1-3-5-11/h1-10,21H. The van der Waals surface area contributed by atoms with Crippen LogP contribution in [-0.2, 0) is 0 Å². The molecule has 0 aliphatic rings. The van der Waals surface area contributed by atoms with Crippen LogP contribution in [0.25, 0.3) is 33.9 Å². The Morgan fingerprint density at radius 1 is 1.04 bits per heavy atom. The molecule has 0 aliphatic heterocycles. The quantitative estimate of drug-likeness (QED) is 0.348. The molecule has 2 aromatic carbocycles. The van der Waals surface area contributed by atoms with E-state index in [0.29, 0.717) is 17.0 Å². The van der Waals surface area contributed by atoms with E-state index in [1.165, 1.54) is 18.2 Å². The van der Waals surface area contributed by atoms with Gasteiger partial charge in [-0.3, -0.25) is 10.1 Å². The maximum absolute atomic E-state index is 10.9. The summed E-state index contributed by atoms with van der Waals surface area (Å²) in [6.07, 6.45) is 0. The zero-order chi connectivity index (χ0) is 16.7. The lowest BCUT2D eigenvalue weighted by Gasteiger charge is -1.98. The molecule has 0 saturated carbocycles. The number of fused-ring (bicyclic) bond motifs is 1. The largest absolute Gasteiger partial charge is 0.453 e. The number of non-ortho nitro benzene ring substituents is 1. The SMILES string of the molecule is O=[N+]([O-])c1ccc2nc(-c3ccc(-c4ccccc4)o3)n(O)c2c1. The molecule has 2 aromatic heterocycles. The first-order chi connectivity index (χ1) is 11.6. The minimum atomic E-state index is -0.521. The van der Waals surface area contributed by atoms with Crippen molar-refractivity contribution >= 4 is 16.7 Å². The Kier molecular flexibility index (Phi) is 3.06. The molecule has 4 rings (SSSR count). The number of imidazole rings is 1. The third-order valence-electron chi connectivity index (χ3n) is 3.71. The molecule has 7 heteroatoms. The second kappa shape index (κ2) is 5.24. The van der Waals surface area contributed by atoms with Crippen molar-refractivity contribution in [2.75, 3.05) is 0 Å². The summed E-state index contributed by atoms with van der Waals surface area (Å²) in [6, 6.07) is 17.1. The van der Waals surface area contributed by atoms with Gasteiger partial charge >= 0.3 is 0 Å². The maximum Gasteiger partial charge on any atom is 0.271 e. The first kappa shape index (κ1) is 14.0. The molecule has 24 heavy (non-hydrogen) atoms. The average molecular weight is 321 g/mol. The number of hydrogen-bond donors (Lipinski definition) is 1. The minimum Gasteiger partial charge on any atom is -0.453 e. The number of hydrogen-bond acceptors (Lipinski definition) is 5. The van der Waals surface area contributed by atoms with E-state index in [0.717, 1.165) is 10.3 Å². The molecular formula is C17H11N3O4. The molecule has 7 nitrogen and oxygen atoms in total. The van der Waals surface area contributed by atoms with Crippen molar-refractivity contribution in [3.8, 4) is 22.9 Å². The minimum absolute atomic E-state index is 0.117. The molecule has 0 unspecified atom stereocenters. The van der Waals surface area contributed by atoms with Gasteiger partial charge in [0.15, 0.2) is 5.76 Å². The van der Waals surface area contributed by atoms with E-state index in [-0.39, 0.29) is 17.0 Å². The van der Waals surface area contributed by atoms with Crippen LogP contribution in [0, 0.1) is 10.1 Å². The van der Waals surface area contributed by atoms with E-state index in [2.05, 4.69) is 4.98 Å². The Balaban J connectivity index is 1.81. The van der Waals surface area contributed by atoms with Crippen molar-refractivity contribution < 1.29 is 14.5 Å². The number of nitro groups is 1. The molecule has 4 aromatic rings. The number of benzene rings is 2. The van der Waals surface area contributed by atoms with Gasteiger partial charge in [-0.05, 0) is 18.2 Å². The van der Waals surface area contributed by atoms with Crippen LogP contribution in [0.4, 0.5) is 5.69 Å². The summed E-state index contributed by atoms with van der Waals surface area (Å²) in [5, 5.41) is 21.2. The number of nitrogens with zero attached hydrogens (tertiary/aromatic N) is 3. The van der Waals surface area contributed by atoms with E-state index >= 15 is 0 Å². The zero-order valence-corrected chi connectivity index (χ0v) is 12.3. The third kappa shape index (κ3) is 2.19. The van der Waals surface area contributed by atoms with Crippen molar-refractivity contribution in [2.24, 2.45) is 0 Å². The van der Waals surface area contributed by atoms with Gasteiger partial charge in [0.2, 0.25) is 5.82 Å². The number of nitro benzene ring substituents is 1. The Morgan fingerprint density at radius 3 is 2.54 bits per heavy atom. The highest BCUT2D eigenvalue weighted by atomic mass is 16.6. The Bertz CT molecular complexity index is 1050. The number of rotatable bonds is 3. The fraction of sp³-hybridized carbons (Fsp3) is 0. The molecular weight excluding hydrogens is 310 g/mol. The topological polar surface area (TPSA) is 94.3 Å². The summed E-state index contributed by atoms with van der Waals surface area (Å²) in [4.78, 5) is 14.6. The second-order valence-corrected chi connectivity index (χ2v) is 5.21. The molecule has 118 valence electrons. The Hall–Kier alpha value is -3.61. The molecule has 0 fully saturated rings. The van der Waals surface area contributed by atoms with Crippen LogP contribution in [0.1, 0.15) is 0 Å². The third-order valence-corrected chi connectivity index (χ3v) is 3.71. The van der Waals surface area contributed by atoms with E-state index in [9.17, 15) is 15.3 Å². The van der Waals surface area contributed by atoms with E-state index in [1.54, 1.807) is 12.1 Å². The zero-order valence-electron chi connectivity index (χ0n) is 12.3. The molecule has 1 N–H and O–H groups in total. The van der Waals surface area contributed by atoms with Gasteiger partial charge in [-0.25, -0.2) is 4.98 Å². The molecule has 0 bridgehead atoms. The fourth-order valence-electron chi connectivity index (χ4n) is 2.54. The Morgan fingerprint density at radius 2 is 1.79 bits per heavy atom. The van der Waals surface area contributed by atoms with Gasteiger partial charge in [-0.15, -0.1) is 0 Å². The lowest BCUT2D eigenvalue weighted by Crippen LogP contribution is -1.94. The summed E-state index contributed by atoms with van der Waals surface area (Å²) < 4.78 is 6.57. The highest BCUT2D eigenvalue weighted by Gasteiger charge is 2.18. The maximum atomic E-state index is 10.9. The molecule has 0 atom stereocenters. The van der Waals surface area contributed by atoms with Crippen LogP contribution in [0.2, 0.25) is 0 Å². The summed E-state index contributed by atoms with van der Waals surface area (Å²) in [7, 11) is 0. The second-order valence-electron chi connectivity index (χ2n) is 5.21. The molecule has 0 aliphatic carbocycles.